The highest BCUT2D eigenvalue weighted by Gasteiger charge is 2.12. The maximum absolute atomic E-state index is 12.0. The fraction of sp³-hybridized carbons (Fsp3) is 0.125. The monoisotopic (exact) mass is 370 g/mol. The first kappa shape index (κ1) is 17.9. The van der Waals surface area contributed by atoms with Crippen LogP contribution in [0.5, 0.6) is 0 Å². The first-order valence-corrected chi connectivity index (χ1v) is 9.18. The molecule has 0 fully saturated rings. The number of aryl methyl sites for hydroxylation is 1. The molecule has 4 aromatic rings. The zero-order chi connectivity index (χ0) is 19.7. The number of fused-ring (bicyclic) bond motifs is 1. The van der Waals surface area contributed by atoms with Crippen molar-refractivity contribution in [2.24, 2.45) is 0 Å². The van der Waals surface area contributed by atoms with Crippen molar-refractivity contribution < 1.29 is 9.53 Å². The summed E-state index contributed by atoms with van der Waals surface area (Å²) in [5, 5.41) is 1.22. The van der Waals surface area contributed by atoms with Crippen LogP contribution in [-0.2, 0) is 11.3 Å². The number of carbonyl (C=O) groups is 1. The summed E-state index contributed by atoms with van der Waals surface area (Å²) >= 11 is 0. The van der Waals surface area contributed by atoms with Crippen molar-refractivity contribution in [1.29, 1.82) is 0 Å². The van der Waals surface area contributed by atoms with E-state index in [1.165, 1.54) is 23.6 Å². The van der Waals surface area contributed by atoms with Gasteiger partial charge in [0.15, 0.2) is 0 Å². The van der Waals surface area contributed by atoms with Crippen LogP contribution in [0.3, 0.4) is 0 Å². The number of nitrogen functional groups attached to an aromatic ring is 1. The van der Waals surface area contributed by atoms with Crippen molar-refractivity contribution in [3.8, 4) is 11.1 Å². The van der Waals surface area contributed by atoms with E-state index < -0.39 is 0 Å². The molecular formula is C24H22N2O2. The van der Waals surface area contributed by atoms with Gasteiger partial charge < -0.3 is 15.0 Å². The third kappa shape index (κ3) is 3.25. The Morgan fingerprint density at radius 3 is 2.54 bits per heavy atom. The maximum Gasteiger partial charge on any atom is 0.338 e. The van der Waals surface area contributed by atoms with Crippen LogP contribution < -0.4 is 5.73 Å². The van der Waals surface area contributed by atoms with Crippen molar-refractivity contribution in [3.63, 3.8) is 0 Å². The van der Waals surface area contributed by atoms with Crippen molar-refractivity contribution in [2.75, 3.05) is 12.8 Å². The Kier molecular flexibility index (Phi) is 4.62. The van der Waals surface area contributed by atoms with Crippen molar-refractivity contribution in [1.82, 2.24) is 4.57 Å². The second kappa shape index (κ2) is 7.24. The molecule has 4 rings (SSSR count). The summed E-state index contributed by atoms with van der Waals surface area (Å²) in [5.41, 5.74) is 12.7. The van der Waals surface area contributed by atoms with E-state index in [0.29, 0.717) is 5.56 Å². The molecule has 4 nitrogen and oxygen atoms in total. The smallest absolute Gasteiger partial charge is 0.338 e. The Morgan fingerprint density at radius 1 is 1.04 bits per heavy atom. The molecule has 2 N–H and O–H groups in total. The SMILES string of the molecule is COC(=O)c1ccccc1-c1ccc(Cn2cc(C)c3ccc(N)cc32)cc1. The molecule has 4 heteroatoms. The number of carbonyl (C=O) groups excluding carboxylic acids is 1. The van der Waals surface area contributed by atoms with Crippen molar-refractivity contribution in [3.05, 3.63) is 89.6 Å². The van der Waals surface area contributed by atoms with E-state index in [1.54, 1.807) is 6.07 Å². The van der Waals surface area contributed by atoms with E-state index in [2.05, 4.69) is 35.9 Å². The zero-order valence-electron chi connectivity index (χ0n) is 16.0. The number of nitrogens with two attached hydrogens (primary N) is 1. The first-order valence-electron chi connectivity index (χ1n) is 9.18. The highest BCUT2D eigenvalue weighted by molar-refractivity contribution is 5.97. The zero-order valence-corrected chi connectivity index (χ0v) is 16.0. The molecule has 0 unspecified atom stereocenters. The number of esters is 1. The minimum absolute atomic E-state index is 0.327. The van der Waals surface area contributed by atoms with Gasteiger partial charge in [0.1, 0.15) is 0 Å². The van der Waals surface area contributed by atoms with Crippen LogP contribution in [0.15, 0.2) is 72.9 Å². The Labute approximate surface area is 164 Å². The Morgan fingerprint density at radius 2 is 1.79 bits per heavy atom. The van der Waals surface area contributed by atoms with Crippen LogP contribution in [0.4, 0.5) is 5.69 Å². The molecular weight excluding hydrogens is 348 g/mol. The van der Waals surface area contributed by atoms with Gasteiger partial charge in [-0.2, -0.15) is 0 Å². The summed E-state index contributed by atoms with van der Waals surface area (Å²) in [6, 6.07) is 21.8. The minimum atomic E-state index is -0.327. The molecule has 0 aliphatic heterocycles. The normalized spacial score (nSPS) is 10.9. The summed E-state index contributed by atoms with van der Waals surface area (Å²) in [5.74, 6) is -0.327. The summed E-state index contributed by atoms with van der Waals surface area (Å²) in [6.45, 7) is 2.87. The number of ether oxygens (including phenoxy) is 1. The lowest BCUT2D eigenvalue weighted by Gasteiger charge is -2.10. The maximum atomic E-state index is 12.0. The molecule has 0 atom stereocenters. The molecule has 0 saturated carbocycles. The lowest BCUT2D eigenvalue weighted by atomic mass is 9.98. The largest absolute Gasteiger partial charge is 0.465 e. The molecule has 0 amide bonds. The molecule has 0 radical (unpaired) electrons. The fourth-order valence-corrected chi connectivity index (χ4v) is 3.63. The van der Waals surface area contributed by atoms with Gasteiger partial charge in [-0.1, -0.05) is 48.5 Å². The second-order valence-corrected chi connectivity index (χ2v) is 6.95. The average molecular weight is 370 g/mol. The first-order chi connectivity index (χ1) is 13.6. The van der Waals surface area contributed by atoms with Gasteiger partial charge in [-0.25, -0.2) is 4.79 Å². The topological polar surface area (TPSA) is 57.2 Å². The van der Waals surface area contributed by atoms with E-state index in [1.807, 2.05) is 42.5 Å². The molecule has 0 spiro atoms. The molecule has 0 bridgehead atoms. The lowest BCUT2D eigenvalue weighted by Crippen LogP contribution is -2.03. The summed E-state index contributed by atoms with van der Waals surface area (Å²) in [7, 11) is 1.40. The summed E-state index contributed by atoms with van der Waals surface area (Å²) < 4.78 is 7.12. The number of anilines is 1. The highest BCUT2D eigenvalue weighted by Crippen LogP contribution is 2.27. The van der Waals surface area contributed by atoms with Crippen molar-refractivity contribution in [2.45, 2.75) is 13.5 Å². The molecule has 1 heterocycles. The molecule has 0 aliphatic carbocycles. The third-order valence-corrected chi connectivity index (χ3v) is 5.06. The predicted molar refractivity (Wildman–Crippen MR) is 113 cm³/mol. The number of nitrogens with zero attached hydrogens (tertiary/aromatic N) is 1. The summed E-state index contributed by atoms with van der Waals surface area (Å²) in [6.07, 6.45) is 2.16. The molecule has 1 aromatic heterocycles. The Balaban J connectivity index is 1.65. The second-order valence-electron chi connectivity index (χ2n) is 6.95. The number of methoxy groups -OCH3 is 1. The van der Waals surface area contributed by atoms with E-state index in [9.17, 15) is 4.79 Å². The Bertz CT molecular complexity index is 1160. The number of rotatable bonds is 4. The molecule has 3 aromatic carbocycles. The van der Waals surface area contributed by atoms with Crippen LogP contribution in [0, 0.1) is 6.92 Å². The van der Waals surface area contributed by atoms with Crippen molar-refractivity contribution >= 4 is 22.6 Å². The van der Waals surface area contributed by atoms with E-state index in [4.69, 9.17) is 10.5 Å². The molecule has 28 heavy (non-hydrogen) atoms. The quantitative estimate of drug-likeness (QED) is 0.405. The van der Waals surface area contributed by atoms with Crippen LogP contribution in [0.25, 0.3) is 22.0 Å². The van der Waals surface area contributed by atoms with E-state index >= 15 is 0 Å². The number of hydrogen-bond donors (Lipinski definition) is 1. The van der Waals surface area contributed by atoms with Gasteiger partial charge in [-0.3, -0.25) is 0 Å². The minimum Gasteiger partial charge on any atom is -0.465 e. The molecule has 0 aliphatic rings. The Hall–Kier alpha value is -3.53. The molecule has 140 valence electrons. The van der Waals surface area contributed by atoms with Crippen LogP contribution in [-0.4, -0.2) is 17.6 Å². The predicted octanol–water partition coefficient (Wildman–Crippen LogP) is 5.03. The van der Waals surface area contributed by atoms with Gasteiger partial charge in [-0.05, 0) is 47.4 Å². The van der Waals surface area contributed by atoms with E-state index in [-0.39, 0.29) is 5.97 Å². The van der Waals surface area contributed by atoms with Gasteiger partial charge in [-0.15, -0.1) is 0 Å². The van der Waals surface area contributed by atoms with Gasteiger partial charge in [0.25, 0.3) is 0 Å². The standard InChI is InChI=1S/C24H22N2O2/c1-16-14-26(23-13-19(25)11-12-20(16)23)15-17-7-9-18(10-8-17)21-5-3-4-6-22(21)24(27)28-2/h3-14H,15,25H2,1-2H3. The van der Waals surface area contributed by atoms with Crippen LogP contribution in [0.2, 0.25) is 0 Å². The van der Waals surface area contributed by atoms with Gasteiger partial charge in [0.2, 0.25) is 0 Å². The average Bonchev–Trinajstić information content (AvgIpc) is 3.02. The number of hydrogen-bond acceptors (Lipinski definition) is 3. The van der Waals surface area contributed by atoms with Gasteiger partial charge in [0.05, 0.1) is 18.2 Å². The molecule has 0 saturated heterocycles. The van der Waals surface area contributed by atoms with Gasteiger partial charge >= 0.3 is 5.97 Å². The number of aromatic nitrogens is 1. The van der Waals surface area contributed by atoms with Crippen LogP contribution >= 0.6 is 0 Å². The number of benzene rings is 3. The highest BCUT2D eigenvalue weighted by atomic mass is 16.5. The fourth-order valence-electron chi connectivity index (χ4n) is 3.63. The lowest BCUT2D eigenvalue weighted by molar-refractivity contribution is 0.0601. The van der Waals surface area contributed by atoms with E-state index in [0.717, 1.165) is 28.9 Å². The van der Waals surface area contributed by atoms with Gasteiger partial charge in [0, 0.05) is 23.8 Å². The van der Waals surface area contributed by atoms with Crippen LogP contribution in [0.1, 0.15) is 21.5 Å². The third-order valence-electron chi connectivity index (χ3n) is 5.06. The summed E-state index contributed by atoms with van der Waals surface area (Å²) in [4.78, 5) is 12.0.